The van der Waals surface area contributed by atoms with Gasteiger partial charge in [0.2, 0.25) is 0 Å². The molecule has 0 saturated heterocycles. The Morgan fingerprint density at radius 1 is 1.12 bits per heavy atom. The van der Waals surface area contributed by atoms with E-state index in [4.69, 9.17) is 9.47 Å². The summed E-state index contributed by atoms with van der Waals surface area (Å²) in [4.78, 5) is 24.1. The largest absolute Gasteiger partial charge is 0.493 e. The van der Waals surface area contributed by atoms with Crippen LogP contribution in [0, 0.1) is 5.82 Å². The first-order chi connectivity index (χ1) is 12.0. The van der Waals surface area contributed by atoms with Gasteiger partial charge in [-0.25, -0.2) is 4.39 Å². The van der Waals surface area contributed by atoms with Crippen LogP contribution in [0.15, 0.2) is 48.5 Å². The Labute approximate surface area is 145 Å². The fourth-order valence-corrected chi connectivity index (χ4v) is 2.22. The van der Waals surface area contributed by atoms with E-state index in [2.05, 4.69) is 5.32 Å². The van der Waals surface area contributed by atoms with Crippen molar-refractivity contribution in [2.24, 2.45) is 0 Å². The summed E-state index contributed by atoms with van der Waals surface area (Å²) < 4.78 is 23.5. The second kappa shape index (κ2) is 8.82. The molecule has 2 aromatic rings. The van der Waals surface area contributed by atoms with Crippen LogP contribution in [0.3, 0.4) is 0 Å². The van der Waals surface area contributed by atoms with E-state index in [9.17, 15) is 14.0 Å². The number of para-hydroxylation sites is 1. The average molecular weight is 345 g/mol. The van der Waals surface area contributed by atoms with Crippen molar-refractivity contribution in [1.29, 1.82) is 0 Å². The van der Waals surface area contributed by atoms with Gasteiger partial charge >= 0.3 is 5.97 Å². The van der Waals surface area contributed by atoms with Crippen molar-refractivity contribution in [3.8, 4) is 5.75 Å². The monoisotopic (exact) mass is 345 g/mol. The first-order valence-electron chi connectivity index (χ1n) is 7.96. The third-order valence-corrected chi connectivity index (χ3v) is 3.47. The third-order valence-electron chi connectivity index (χ3n) is 3.47. The minimum Gasteiger partial charge on any atom is -0.493 e. The lowest BCUT2D eigenvalue weighted by atomic mass is 10.1. The molecule has 0 heterocycles. The molecule has 2 rings (SSSR count). The van der Waals surface area contributed by atoms with E-state index in [-0.39, 0.29) is 12.4 Å². The summed E-state index contributed by atoms with van der Waals surface area (Å²) in [6, 6.07) is 12.5. The van der Waals surface area contributed by atoms with Crippen molar-refractivity contribution >= 4 is 11.9 Å². The molecule has 0 aromatic heterocycles. The van der Waals surface area contributed by atoms with E-state index < -0.39 is 18.0 Å². The summed E-state index contributed by atoms with van der Waals surface area (Å²) in [5.41, 5.74) is 1.02. The first-order valence-corrected chi connectivity index (χ1v) is 7.96. The topological polar surface area (TPSA) is 64.6 Å². The van der Waals surface area contributed by atoms with Crippen LogP contribution >= 0.6 is 0 Å². The van der Waals surface area contributed by atoms with Gasteiger partial charge in [-0.05, 0) is 43.7 Å². The van der Waals surface area contributed by atoms with Crippen molar-refractivity contribution in [2.45, 2.75) is 20.0 Å². The van der Waals surface area contributed by atoms with Crippen LogP contribution in [0.5, 0.6) is 5.75 Å². The van der Waals surface area contributed by atoms with Crippen molar-refractivity contribution in [2.75, 3.05) is 13.2 Å². The number of ether oxygens (including phenoxy) is 2. The third kappa shape index (κ3) is 5.31. The summed E-state index contributed by atoms with van der Waals surface area (Å²) in [7, 11) is 0. The smallest absolute Gasteiger partial charge is 0.326 e. The van der Waals surface area contributed by atoms with Gasteiger partial charge in [-0.2, -0.15) is 0 Å². The molecule has 0 radical (unpaired) electrons. The van der Waals surface area contributed by atoms with Crippen LogP contribution in [0.1, 0.15) is 35.9 Å². The number of hydrogen-bond donors (Lipinski definition) is 1. The van der Waals surface area contributed by atoms with Gasteiger partial charge in [0.15, 0.2) is 0 Å². The van der Waals surface area contributed by atoms with Gasteiger partial charge < -0.3 is 14.8 Å². The van der Waals surface area contributed by atoms with Gasteiger partial charge in [0.05, 0.1) is 12.2 Å². The molecule has 0 saturated carbocycles. The molecule has 1 amide bonds. The van der Waals surface area contributed by atoms with Gasteiger partial charge in [0.1, 0.15) is 24.2 Å². The van der Waals surface area contributed by atoms with Crippen LogP contribution in [-0.4, -0.2) is 25.0 Å². The number of amides is 1. The molecular formula is C19H20FNO4. The normalized spacial score (nSPS) is 11.5. The molecule has 25 heavy (non-hydrogen) atoms. The van der Waals surface area contributed by atoms with Crippen molar-refractivity contribution in [1.82, 2.24) is 5.32 Å². The molecule has 0 bridgehead atoms. The molecule has 0 spiro atoms. The maximum atomic E-state index is 12.9. The lowest BCUT2D eigenvalue weighted by molar-refractivity contribution is -0.147. The second-order valence-electron chi connectivity index (χ2n) is 5.30. The Bertz CT molecular complexity index is 730. The fourth-order valence-electron chi connectivity index (χ4n) is 2.22. The number of carbonyl (C=O) groups is 2. The Balaban J connectivity index is 1.89. The molecular weight excluding hydrogens is 325 g/mol. The first kappa shape index (κ1) is 18.4. The summed E-state index contributed by atoms with van der Waals surface area (Å²) >= 11 is 0. The van der Waals surface area contributed by atoms with Gasteiger partial charge in [0, 0.05) is 0 Å². The zero-order chi connectivity index (χ0) is 18.2. The lowest BCUT2D eigenvalue weighted by Gasteiger charge is -2.14. The zero-order valence-electron chi connectivity index (χ0n) is 14.1. The van der Waals surface area contributed by atoms with Crippen molar-refractivity contribution in [3.63, 3.8) is 0 Å². The molecule has 5 nitrogen and oxygen atoms in total. The van der Waals surface area contributed by atoms with Crippen LogP contribution < -0.4 is 10.1 Å². The maximum absolute atomic E-state index is 12.9. The van der Waals surface area contributed by atoms with Gasteiger partial charge in [0.25, 0.3) is 5.91 Å². The van der Waals surface area contributed by atoms with E-state index in [1.807, 2.05) is 6.92 Å². The molecule has 2 aromatic carbocycles. The van der Waals surface area contributed by atoms with E-state index in [0.717, 1.165) is 0 Å². The minimum atomic E-state index is -0.584. The SMILES string of the molecule is CCOc1ccccc1C(=O)NCC(=O)O[C@@H](C)c1ccc(F)cc1. The second-order valence-corrected chi connectivity index (χ2v) is 5.30. The number of esters is 1. The highest BCUT2D eigenvalue weighted by Crippen LogP contribution is 2.18. The number of carbonyl (C=O) groups excluding carboxylic acids is 2. The van der Waals surface area contributed by atoms with Crippen LogP contribution in [0.25, 0.3) is 0 Å². The van der Waals surface area contributed by atoms with Crippen LogP contribution in [0.2, 0.25) is 0 Å². The Morgan fingerprint density at radius 2 is 1.80 bits per heavy atom. The number of benzene rings is 2. The Morgan fingerprint density at radius 3 is 2.48 bits per heavy atom. The number of halogens is 1. The minimum absolute atomic E-state index is 0.273. The fraction of sp³-hybridized carbons (Fsp3) is 0.263. The van der Waals surface area contributed by atoms with Crippen molar-refractivity contribution in [3.05, 3.63) is 65.5 Å². The standard InChI is InChI=1S/C19H20FNO4/c1-3-24-17-7-5-4-6-16(17)19(23)21-12-18(22)25-13(2)14-8-10-15(20)11-9-14/h4-11,13H,3,12H2,1-2H3,(H,21,23)/t13-/m0/s1. The van der Waals surface area contributed by atoms with Crippen LogP contribution in [0.4, 0.5) is 4.39 Å². The number of rotatable bonds is 7. The lowest BCUT2D eigenvalue weighted by Crippen LogP contribution is -2.31. The van der Waals surface area contributed by atoms with Crippen molar-refractivity contribution < 1.29 is 23.5 Å². The highest BCUT2D eigenvalue weighted by atomic mass is 19.1. The van der Waals surface area contributed by atoms with E-state index in [0.29, 0.717) is 23.5 Å². The van der Waals surface area contributed by atoms with E-state index in [1.165, 1.54) is 12.1 Å². The van der Waals surface area contributed by atoms with E-state index >= 15 is 0 Å². The van der Waals surface area contributed by atoms with Crippen LogP contribution in [-0.2, 0) is 9.53 Å². The molecule has 0 fully saturated rings. The molecule has 1 N–H and O–H groups in total. The molecule has 1 atom stereocenters. The molecule has 6 heteroatoms. The summed E-state index contributed by atoms with van der Waals surface area (Å²) in [5, 5.41) is 2.51. The van der Waals surface area contributed by atoms with Gasteiger partial charge in [-0.3, -0.25) is 9.59 Å². The summed E-state index contributed by atoms with van der Waals surface area (Å²) in [6.45, 7) is 3.66. The quantitative estimate of drug-likeness (QED) is 0.783. The molecule has 0 aliphatic rings. The van der Waals surface area contributed by atoms with Gasteiger partial charge in [-0.1, -0.05) is 24.3 Å². The molecule has 132 valence electrons. The molecule has 0 unspecified atom stereocenters. The summed E-state index contributed by atoms with van der Waals surface area (Å²) in [6.07, 6.45) is -0.541. The Hall–Kier alpha value is -2.89. The highest BCUT2D eigenvalue weighted by Gasteiger charge is 2.15. The van der Waals surface area contributed by atoms with Gasteiger partial charge in [-0.15, -0.1) is 0 Å². The molecule has 0 aliphatic heterocycles. The number of hydrogen-bond acceptors (Lipinski definition) is 4. The molecule has 0 aliphatic carbocycles. The number of nitrogens with one attached hydrogen (secondary N) is 1. The highest BCUT2D eigenvalue weighted by molar-refractivity contribution is 5.98. The predicted molar refractivity (Wildman–Crippen MR) is 90.9 cm³/mol. The predicted octanol–water partition coefficient (Wildman–Crippen LogP) is 3.26. The summed E-state index contributed by atoms with van der Waals surface area (Å²) in [5.74, 6) is -0.910. The average Bonchev–Trinajstić information content (AvgIpc) is 2.61. The maximum Gasteiger partial charge on any atom is 0.326 e. The Kier molecular flexibility index (Phi) is 6.51. The zero-order valence-corrected chi connectivity index (χ0v) is 14.1. The van der Waals surface area contributed by atoms with E-state index in [1.54, 1.807) is 43.3 Å².